The van der Waals surface area contributed by atoms with Crippen molar-refractivity contribution in [1.29, 1.82) is 0 Å². The molecule has 0 aliphatic carbocycles. The molecule has 5 heteroatoms. The number of carbonyl (C=O) groups is 1. The van der Waals surface area contributed by atoms with Gasteiger partial charge in [-0.05, 0) is 12.1 Å². The highest BCUT2D eigenvalue weighted by Gasteiger charge is 2.09. The highest BCUT2D eigenvalue weighted by atomic mass is 16.1. The topological polar surface area (TPSA) is 59.8 Å². The standard InChI is InChI=1S/C12H10N4O/c1-2-8-13-12(17)11-9-16(15-14-11)10-6-4-3-5-7-10/h1,3-7,9H,8H2,(H,13,17). The molecule has 17 heavy (non-hydrogen) atoms. The molecule has 0 bridgehead atoms. The fourth-order valence-corrected chi connectivity index (χ4v) is 1.30. The van der Waals surface area contributed by atoms with E-state index >= 15 is 0 Å². The lowest BCUT2D eigenvalue weighted by Gasteiger charge is -1.97. The van der Waals surface area contributed by atoms with Crippen LogP contribution < -0.4 is 5.32 Å². The van der Waals surface area contributed by atoms with Gasteiger partial charge in [0.05, 0.1) is 18.4 Å². The first-order valence-electron chi connectivity index (χ1n) is 5.00. The number of rotatable bonds is 3. The van der Waals surface area contributed by atoms with Crippen LogP contribution in [0.5, 0.6) is 0 Å². The van der Waals surface area contributed by atoms with Gasteiger partial charge in [-0.25, -0.2) is 4.68 Å². The molecule has 1 amide bonds. The minimum Gasteiger partial charge on any atom is -0.340 e. The number of hydrogen-bond donors (Lipinski definition) is 1. The van der Waals surface area contributed by atoms with Crippen LogP contribution in [0.2, 0.25) is 0 Å². The van der Waals surface area contributed by atoms with Gasteiger partial charge in [0.25, 0.3) is 5.91 Å². The fraction of sp³-hybridized carbons (Fsp3) is 0.0833. The zero-order valence-corrected chi connectivity index (χ0v) is 9.00. The molecule has 84 valence electrons. The molecule has 1 N–H and O–H groups in total. The maximum absolute atomic E-state index is 11.5. The van der Waals surface area contributed by atoms with E-state index in [0.29, 0.717) is 0 Å². The predicted molar refractivity (Wildman–Crippen MR) is 62.5 cm³/mol. The second-order valence-electron chi connectivity index (χ2n) is 3.27. The van der Waals surface area contributed by atoms with Gasteiger partial charge in [-0.15, -0.1) is 11.5 Å². The van der Waals surface area contributed by atoms with Crippen LogP contribution in [0.4, 0.5) is 0 Å². The van der Waals surface area contributed by atoms with Gasteiger partial charge in [0.1, 0.15) is 0 Å². The number of carbonyl (C=O) groups excluding carboxylic acids is 1. The number of amides is 1. The van der Waals surface area contributed by atoms with Gasteiger partial charge in [0.2, 0.25) is 0 Å². The quantitative estimate of drug-likeness (QED) is 0.781. The van der Waals surface area contributed by atoms with Crippen LogP contribution in [-0.2, 0) is 0 Å². The van der Waals surface area contributed by atoms with Gasteiger partial charge in [-0.3, -0.25) is 4.79 Å². The third-order valence-electron chi connectivity index (χ3n) is 2.10. The molecule has 0 saturated carbocycles. The number of para-hydroxylation sites is 1. The molecule has 2 rings (SSSR count). The van der Waals surface area contributed by atoms with E-state index in [1.165, 1.54) is 4.68 Å². The van der Waals surface area contributed by atoms with Crippen molar-refractivity contribution < 1.29 is 4.79 Å². The molecule has 0 unspecified atom stereocenters. The number of benzene rings is 1. The third-order valence-corrected chi connectivity index (χ3v) is 2.10. The Kier molecular flexibility index (Phi) is 3.17. The Morgan fingerprint density at radius 3 is 2.88 bits per heavy atom. The lowest BCUT2D eigenvalue weighted by Crippen LogP contribution is -2.23. The summed E-state index contributed by atoms with van der Waals surface area (Å²) in [6.07, 6.45) is 6.60. The molecule has 1 aromatic heterocycles. The van der Waals surface area contributed by atoms with E-state index in [9.17, 15) is 4.79 Å². The average Bonchev–Trinajstić information content (AvgIpc) is 2.86. The fourth-order valence-electron chi connectivity index (χ4n) is 1.30. The number of hydrogen-bond acceptors (Lipinski definition) is 3. The molecule has 5 nitrogen and oxygen atoms in total. The van der Waals surface area contributed by atoms with Crippen LogP contribution >= 0.6 is 0 Å². The summed E-state index contributed by atoms with van der Waals surface area (Å²) in [6, 6.07) is 9.42. The van der Waals surface area contributed by atoms with Gasteiger partial charge in [0.15, 0.2) is 5.69 Å². The van der Waals surface area contributed by atoms with Gasteiger partial charge >= 0.3 is 0 Å². The first-order valence-corrected chi connectivity index (χ1v) is 5.00. The van der Waals surface area contributed by atoms with Gasteiger partial charge < -0.3 is 5.32 Å². The molecule has 1 aromatic carbocycles. The zero-order chi connectivity index (χ0) is 12.1. The van der Waals surface area contributed by atoms with Crippen LogP contribution in [0, 0.1) is 12.3 Å². The summed E-state index contributed by atoms with van der Waals surface area (Å²) in [4.78, 5) is 11.5. The molecule has 0 aliphatic rings. The number of nitrogens with one attached hydrogen (secondary N) is 1. The number of terminal acetylenes is 1. The number of nitrogens with zero attached hydrogens (tertiary/aromatic N) is 3. The van der Waals surface area contributed by atoms with E-state index in [1.54, 1.807) is 6.20 Å². The third kappa shape index (κ3) is 2.49. The predicted octanol–water partition coefficient (Wildman–Crippen LogP) is 0.630. The van der Waals surface area contributed by atoms with Crippen LogP contribution in [-0.4, -0.2) is 27.4 Å². The van der Waals surface area contributed by atoms with Crippen molar-refractivity contribution in [2.24, 2.45) is 0 Å². The summed E-state index contributed by atoms with van der Waals surface area (Å²) in [6.45, 7) is 0.178. The molecule has 1 heterocycles. The molecule has 0 atom stereocenters. The van der Waals surface area contributed by atoms with Crippen LogP contribution in [0.1, 0.15) is 10.5 Å². The Morgan fingerprint density at radius 1 is 1.41 bits per heavy atom. The minimum atomic E-state index is -0.329. The van der Waals surface area contributed by atoms with Crippen molar-refractivity contribution in [2.45, 2.75) is 0 Å². The molecular weight excluding hydrogens is 216 g/mol. The molecule has 0 saturated heterocycles. The van der Waals surface area contributed by atoms with Crippen LogP contribution in [0.25, 0.3) is 5.69 Å². The largest absolute Gasteiger partial charge is 0.340 e. The highest BCUT2D eigenvalue weighted by Crippen LogP contribution is 2.05. The Bertz CT molecular complexity index is 553. The molecule has 0 aliphatic heterocycles. The van der Waals surface area contributed by atoms with Crippen molar-refractivity contribution in [1.82, 2.24) is 20.3 Å². The maximum atomic E-state index is 11.5. The summed E-state index contributed by atoms with van der Waals surface area (Å²) in [5.74, 6) is 1.99. The van der Waals surface area contributed by atoms with Crippen molar-refractivity contribution >= 4 is 5.91 Å². The normalized spacial score (nSPS) is 9.59. The summed E-state index contributed by atoms with van der Waals surface area (Å²) in [5.41, 5.74) is 1.08. The van der Waals surface area contributed by atoms with Crippen LogP contribution in [0.3, 0.4) is 0 Å². The summed E-state index contributed by atoms with van der Waals surface area (Å²) >= 11 is 0. The Hall–Kier alpha value is -2.61. The van der Waals surface area contributed by atoms with Crippen molar-refractivity contribution in [2.75, 3.05) is 6.54 Å². The van der Waals surface area contributed by atoms with Gasteiger partial charge in [-0.2, -0.15) is 0 Å². The maximum Gasteiger partial charge on any atom is 0.274 e. The average molecular weight is 226 g/mol. The monoisotopic (exact) mass is 226 g/mol. The Morgan fingerprint density at radius 2 is 2.18 bits per heavy atom. The SMILES string of the molecule is C#CCNC(=O)c1cn(-c2ccccc2)nn1. The Labute approximate surface area is 98.5 Å². The minimum absolute atomic E-state index is 0.178. The van der Waals surface area contributed by atoms with Gasteiger partial charge in [-0.1, -0.05) is 29.3 Å². The second kappa shape index (κ2) is 4.94. The van der Waals surface area contributed by atoms with Gasteiger partial charge in [0, 0.05) is 0 Å². The summed E-state index contributed by atoms with van der Waals surface area (Å²) in [5, 5.41) is 10.2. The van der Waals surface area contributed by atoms with E-state index < -0.39 is 0 Å². The van der Waals surface area contributed by atoms with Crippen molar-refractivity contribution in [3.63, 3.8) is 0 Å². The molecule has 0 spiro atoms. The van der Waals surface area contributed by atoms with E-state index in [0.717, 1.165) is 5.69 Å². The van der Waals surface area contributed by atoms with E-state index in [1.807, 2.05) is 30.3 Å². The van der Waals surface area contributed by atoms with E-state index in [-0.39, 0.29) is 18.1 Å². The van der Waals surface area contributed by atoms with Crippen molar-refractivity contribution in [3.8, 4) is 18.0 Å². The first-order chi connectivity index (χ1) is 8.31. The molecule has 2 aromatic rings. The Balaban J connectivity index is 2.17. The lowest BCUT2D eigenvalue weighted by molar-refractivity contribution is 0.0953. The summed E-state index contributed by atoms with van der Waals surface area (Å²) < 4.78 is 1.53. The van der Waals surface area contributed by atoms with Crippen molar-refractivity contribution in [3.05, 3.63) is 42.2 Å². The van der Waals surface area contributed by atoms with E-state index in [2.05, 4.69) is 21.5 Å². The second-order valence-corrected chi connectivity index (χ2v) is 3.27. The van der Waals surface area contributed by atoms with E-state index in [4.69, 9.17) is 6.42 Å². The summed E-state index contributed by atoms with van der Waals surface area (Å²) in [7, 11) is 0. The lowest BCUT2D eigenvalue weighted by atomic mass is 10.3. The smallest absolute Gasteiger partial charge is 0.274 e. The molecule has 0 radical (unpaired) electrons. The molecular formula is C12H10N4O. The highest BCUT2D eigenvalue weighted by molar-refractivity contribution is 5.92. The first kappa shape index (κ1) is 10.9. The number of aromatic nitrogens is 3. The zero-order valence-electron chi connectivity index (χ0n) is 9.00. The van der Waals surface area contributed by atoms with Crippen LogP contribution in [0.15, 0.2) is 36.5 Å². The molecule has 0 fully saturated rings.